The molecule has 0 spiro atoms. The molecule has 0 aromatic carbocycles. The smallest absolute Gasteiger partial charge is 0.374 e. The number of piperidine rings is 1. The first-order valence-corrected chi connectivity index (χ1v) is 11.4. The van der Waals surface area contributed by atoms with Crippen LogP contribution >= 0.6 is 24.0 Å². The Balaban J connectivity index is 0.00000480. The van der Waals surface area contributed by atoms with Crippen LogP contribution in [0.1, 0.15) is 40.0 Å². The summed E-state index contributed by atoms with van der Waals surface area (Å²) >= 11 is 0. The maximum Gasteiger partial charge on any atom is 0.401 e. The maximum absolute atomic E-state index is 12.5. The predicted molar refractivity (Wildman–Crippen MR) is 130 cm³/mol. The predicted octanol–water partition coefficient (Wildman–Crippen LogP) is 3.18. The van der Waals surface area contributed by atoms with Crippen LogP contribution in [0.25, 0.3) is 0 Å². The van der Waals surface area contributed by atoms with Gasteiger partial charge in [0.2, 0.25) is 0 Å². The number of likely N-dealkylation sites (tertiary alicyclic amines) is 1. The highest BCUT2D eigenvalue weighted by atomic mass is 127. The van der Waals surface area contributed by atoms with Gasteiger partial charge in [-0.05, 0) is 51.1 Å². The van der Waals surface area contributed by atoms with Crippen molar-refractivity contribution in [2.45, 2.75) is 52.3 Å². The van der Waals surface area contributed by atoms with Crippen LogP contribution in [-0.2, 0) is 4.74 Å². The van der Waals surface area contributed by atoms with Gasteiger partial charge in [0.05, 0.1) is 25.8 Å². The number of halogens is 4. The average Bonchev–Trinajstić information content (AvgIpc) is 2.66. The number of alkyl halides is 3. The number of rotatable bonds is 9. The summed E-state index contributed by atoms with van der Waals surface area (Å²) in [7, 11) is 0. The molecule has 0 bridgehead atoms. The molecular weight excluding hydrogens is 522 g/mol. The molecule has 10 heteroatoms. The Kier molecular flexibility index (Phi) is 13.7. The van der Waals surface area contributed by atoms with E-state index in [1.807, 2.05) is 6.92 Å². The molecule has 2 N–H and O–H groups in total. The summed E-state index contributed by atoms with van der Waals surface area (Å²) in [5.41, 5.74) is 0. The number of morpholine rings is 1. The summed E-state index contributed by atoms with van der Waals surface area (Å²) in [5, 5.41) is 6.65. The zero-order valence-corrected chi connectivity index (χ0v) is 21.5. The molecule has 2 saturated heterocycles. The van der Waals surface area contributed by atoms with E-state index >= 15 is 0 Å². The standard InChI is InChI=1S/C21H40F3N5O.HI/c1-4-25-20(27-13-19-15-29(11-12-30-19)14-17(2)3)26-8-5-18-6-9-28(10-7-18)16-21(22,23)24;/h17-19H,4-16H2,1-3H3,(H2,25,26,27);1H. The van der Waals surface area contributed by atoms with Crippen molar-refractivity contribution >= 4 is 29.9 Å². The van der Waals surface area contributed by atoms with Gasteiger partial charge < -0.3 is 15.4 Å². The average molecular weight is 563 g/mol. The largest absolute Gasteiger partial charge is 0.401 e. The molecule has 0 radical (unpaired) electrons. The third-order valence-electron chi connectivity index (χ3n) is 5.60. The van der Waals surface area contributed by atoms with Crippen LogP contribution < -0.4 is 10.6 Å². The van der Waals surface area contributed by atoms with Crippen LogP contribution in [0.2, 0.25) is 0 Å². The van der Waals surface area contributed by atoms with Gasteiger partial charge in [-0.25, -0.2) is 0 Å². The van der Waals surface area contributed by atoms with E-state index in [0.29, 0.717) is 31.5 Å². The van der Waals surface area contributed by atoms with Gasteiger partial charge in [-0.3, -0.25) is 14.8 Å². The molecule has 0 saturated carbocycles. The van der Waals surface area contributed by atoms with Crippen molar-refractivity contribution < 1.29 is 17.9 Å². The second kappa shape index (κ2) is 14.7. The molecule has 2 heterocycles. The molecular formula is C21H41F3IN5O. The fourth-order valence-corrected chi connectivity index (χ4v) is 4.19. The van der Waals surface area contributed by atoms with E-state index in [4.69, 9.17) is 9.73 Å². The van der Waals surface area contributed by atoms with Crippen molar-refractivity contribution in [3.63, 3.8) is 0 Å². The van der Waals surface area contributed by atoms with Crippen LogP contribution in [0.3, 0.4) is 0 Å². The summed E-state index contributed by atoms with van der Waals surface area (Å²) in [6.07, 6.45) is -1.38. The van der Waals surface area contributed by atoms with Crippen molar-refractivity contribution in [3.05, 3.63) is 0 Å². The first kappa shape index (κ1) is 28.7. The molecule has 0 aromatic heterocycles. The summed E-state index contributed by atoms with van der Waals surface area (Å²) < 4.78 is 43.4. The van der Waals surface area contributed by atoms with Gasteiger partial charge in [0.15, 0.2) is 5.96 Å². The van der Waals surface area contributed by atoms with Crippen LogP contribution in [0, 0.1) is 11.8 Å². The Hall–Kier alpha value is -0.330. The van der Waals surface area contributed by atoms with E-state index in [1.165, 1.54) is 4.90 Å². The van der Waals surface area contributed by atoms with Gasteiger partial charge in [0.25, 0.3) is 0 Å². The van der Waals surface area contributed by atoms with E-state index in [-0.39, 0.29) is 30.1 Å². The number of hydrogen-bond acceptors (Lipinski definition) is 4. The molecule has 0 amide bonds. The molecule has 2 fully saturated rings. The molecule has 6 nitrogen and oxygen atoms in total. The summed E-state index contributed by atoms with van der Waals surface area (Å²) in [5.74, 6) is 1.90. The van der Waals surface area contributed by atoms with E-state index in [9.17, 15) is 13.2 Å². The van der Waals surface area contributed by atoms with Crippen molar-refractivity contribution in [2.24, 2.45) is 16.8 Å². The number of hydrogen-bond donors (Lipinski definition) is 2. The first-order valence-electron chi connectivity index (χ1n) is 11.4. The highest BCUT2D eigenvalue weighted by Crippen LogP contribution is 2.23. The summed E-state index contributed by atoms with van der Waals surface area (Å²) in [4.78, 5) is 8.66. The Bertz CT molecular complexity index is 514. The minimum absolute atomic E-state index is 0. The molecule has 31 heavy (non-hydrogen) atoms. The third kappa shape index (κ3) is 12.5. The van der Waals surface area contributed by atoms with Gasteiger partial charge >= 0.3 is 6.18 Å². The van der Waals surface area contributed by atoms with E-state index in [1.54, 1.807) is 0 Å². The summed E-state index contributed by atoms with van der Waals surface area (Å²) in [6, 6.07) is 0. The third-order valence-corrected chi connectivity index (χ3v) is 5.60. The van der Waals surface area contributed by atoms with Crippen LogP contribution in [0.15, 0.2) is 4.99 Å². The number of nitrogens with one attached hydrogen (secondary N) is 2. The monoisotopic (exact) mass is 563 g/mol. The van der Waals surface area contributed by atoms with Gasteiger partial charge in [0.1, 0.15) is 0 Å². The first-order chi connectivity index (χ1) is 14.2. The lowest BCUT2D eigenvalue weighted by Crippen LogP contribution is -2.46. The normalized spacial score (nSPS) is 22.4. The molecule has 1 unspecified atom stereocenters. The van der Waals surface area contributed by atoms with Gasteiger partial charge in [0, 0.05) is 32.7 Å². The van der Waals surface area contributed by atoms with Gasteiger partial charge in [-0.1, -0.05) is 13.8 Å². The number of nitrogens with zero attached hydrogens (tertiary/aromatic N) is 3. The topological polar surface area (TPSA) is 52.1 Å². The molecule has 2 aliphatic heterocycles. The van der Waals surface area contributed by atoms with E-state index < -0.39 is 12.7 Å². The molecule has 2 rings (SSSR count). The number of aliphatic imine (C=N–C) groups is 1. The Morgan fingerprint density at radius 3 is 2.45 bits per heavy atom. The van der Waals surface area contributed by atoms with E-state index in [0.717, 1.165) is 64.6 Å². The lowest BCUT2D eigenvalue weighted by Gasteiger charge is -2.33. The minimum atomic E-state index is -4.10. The van der Waals surface area contributed by atoms with Crippen molar-refractivity contribution in [2.75, 3.05) is 65.5 Å². The maximum atomic E-state index is 12.5. The lowest BCUT2D eigenvalue weighted by molar-refractivity contribution is -0.148. The Morgan fingerprint density at radius 2 is 1.84 bits per heavy atom. The van der Waals surface area contributed by atoms with Crippen molar-refractivity contribution in [1.82, 2.24) is 20.4 Å². The molecule has 2 aliphatic rings. The zero-order chi connectivity index (χ0) is 22.0. The second-order valence-electron chi connectivity index (χ2n) is 8.92. The minimum Gasteiger partial charge on any atom is -0.374 e. The van der Waals surface area contributed by atoms with Gasteiger partial charge in [-0.15, -0.1) is 24.0 Å². The van der Waals surface area contributed by atoms with Crippen LogP contribution in [-0.4, -0.2) is 93.5 Å². The lowest BCUT2D eigenvalue weighted by atomic mass is 9.93. The molecule has 0 aromatic rings. The SMILES string of the molecule is CCNC(=NCC1CN(CC(C)C)CCO1)NCCC1CCN(CC(F)(F)F)CC1.I. The van der Waals surface area contributed by atoms with Crippen molar-refractivity contribution in [3.8, 4) is 0 Å². The number of guanidine groups is 1. The highest BCUT2D eigenvalue weighted by Gasteiger charge is 2.32. The molecule has 0 aliphatic carbocycles. The fourth-order valence-electron chi connectivity index (χ4n) is 4.19. The fraction of sp³-hybridized carbons (Fsp3) is 0.952. The van der Waals surface area contributed by atoms with Crippen LogP contribution in [0.4, 0.5) is 13.2 Å². The Morgan fingerprint density at radius 1 is 1.13 bits per heavy atom. The molecule has 1 atom stereocenters. The number of ether oxygens (including phenoxy) is 1. The quantitative estimate of drug-likeness (QED) is 0.257. The molecule has 184 valence electrons. The summed E-state index contributed by atoms with van der Waals surface area (Å²) in [6.45, 7) is 12.7. The van der Waals surface area contributed by atoms with Crippen molar-refractivity contribution in [1.29, 1.82) is 0 Å². The van der Waals surface area contributed by atoms with Crippen LogP contribution in [0.5, 0.6) is 0 Å². The van der Waals surface area contributed by atoms with Gasteiger partial charge in [-0.2, -0.15) is 13.2 Å². The highest BCUT2D eigenvalue weighted by molar-refractivity contribution is 14.0. The zero-order valence-electron chi connectivity index (χ0n) is 19.2. The van der Waals surface area contributed by atoms with E-state index in [2.05, 4.69) is 29.4 Å². The Labute approximate surface area is 202 Å². The second-order valence-corrected chi connectivity index (χ2v) is 8.92.